The van der Waals surface area contributed by atoms with Crippen LogP contribution in [-0.4, -0.2) is 9.55 Å². The van der Waals surface area contributed by atoms with Crippen LogP contribution in [0.5, 0.6) is 11.5 Å². The third-order valence-corrected chi connectivity index (χ3v) is 10.1. The van der Waals surface area contributed by atoms with Gasteiger partial charge in [-0.15, -0.1) is 53.6 Å². The molecule has 6 heteroatoms. The largest absolute Gasteiger partial charge is 0.509 e. The summed E-state index contributed by atoms with van der Waals surface area (Å²) in [5.41, 5.74) is 10.2. The van der Waals surface area contributed by atoms with Gasteiger partial charge in [-0.25, -0.2) is 4.98 Å². The Labute approximate surface area is 346 Å². The Hall–Kier alpha value is -5.12. The second-order valence-corrected chi connectivity index (χ2v) is 16.6. The van der Waals surface area contributed by atoms with Crippen molar-refractivity contribution in [2.45, 2.75) is 66.7 Å². The van der Waals surface area contributed by atoms with E-state index in [1.54, 1.807) is 0 Å². The van der Waals surface area contributed by atoms with Gasteiger partial charge in [0.15, 0.2) is 0 Å². The first-order chi connectivity index (χ1) is 26.5. The molecule has 0 atom stereocenters. The SMILES string of the molecule is CC(C)Cc1cc(CC(C)C)cc(N2C=CN(c3[c-]c(Oc4[c-]c5c(cc4)c4ccccc4n5-c4cc(C(C)(C)C)ccn4)cc(-c4ccccc4)c3)[CH-]2)c1.[Pt]. The number of para-hydroxylation sites is 1. The number of anilines is 2. The molecule has 1 aliphatic heterocycles. The quantitative estimate of drug-likeness (QED) is 0.128. The second kappa shape index (κ2) is 16.2. The number of aromatic nitrogens is 2. The zero-order valence-corrected chi connectivity index (χ0v) is 35.6. The predicted octanol–water partition coefficient (Wildman–Crippen LogP) is 12.8. The Bertz CT molecular complexity index is 2480. The maximum absolute atomic E-state index is 6.71. The summed E-state index contributed by atoms with van der Waals surface area (Å²) in [6.45, 7) is 18.0. The van der Waals surface area contributed by atoms with E-state index < -0.39 is 0 Å². The molecule has 7 aromatic rings. The van der Waals surface area contributed by atoms with E-state index in [4.69, 9.17) is 9.72 Å². The van der Waals surface area contributed by atoms with Crippen LogP contribution in [0.1, 0.15) is 65.2 Å². The summed E-state index contributed by atoms with van der Waals surface area (Å²) < 4.78 is 8.91. The molecule has 0 fully saturated rings. The fraction of sp³-hybridized carbons (Fsp3) is 0.240. The van der Waals surface area contributed by atoms with Gasteiger partial charge in [0.2, 0.25) is 0 Å². The second-order valence-electron chi connectivity index (χ2n) is 16.6. The number of ether oxygens (including phenoxy) is 1. The molecule has 0 unspecified atom stereocenters. The van der Waals surface area contributed by atoms with Crippen LogP contribution >= 0.6 is 0 Å². The molecule has 0 spiro atoms. The first kappa shape index (κ1) is 39.1. The van der Waals surface area contributed by atoms with Gasteiger partial charge < -0.3 is 19.1 Å². The smallest absolute Gasteiger partial charge is 0.135 e. The molecular formula is C50H49N4OPt-3. The number of rotatable bonds is 10. The van der Waals surface area contributed by atoms with Crippen LogP contribution in [0, 0.1) is 30.6 Å². The van der Waals surface area contributed by atoms with Gasteiger partial charge in [-0.3, -0.25) is 0 Å². The van der Waals surface area contributed by atoms with E-state index >= 15 is 0 Å². The molecule has 5 nitrogen and oxygen atoms in total. The number of benzene rings is 5. The van der Waals surface area contributed by atoms with E-state index in [2.05, 4.69) is 191 Å². The number of pyridine rings is 1. The summed E-state index contributed by atoms with van der Waals surface area (Å²) in [4.78, 5) is 9.18. The molecule has 288 valence electrons. The number of hydrogen-bond donors (Lipinski definition) is 0. The molecule has 3 heterocycles. The van der Waals surface area contributed by atoms with Crippen molar-refractivity contribution in [3.8, 4) is 28.4 Å². The van der Waals surface area contributed by atoms with Crippen LogP contribution in [0.2, 0.25) is 0 Å². The molecule has 1 aliphatic rings. The van der Waals surface area contributed by atoms with E-state index in [-0.39, 0.29) is 26.5 Å². The van der Waals surface area contributed by atoms with Crippen LogP contribution in [0.15, 0.2) is 128 Å². The van der Waals surface area contributed by atoms with Gasteiger partial charge in [-0.1, -0.05) is 109 Å². The summed E-state index contributed by atoms with van der Waals surface area (Å²) in [7, 11) is 0. The topological polar surface area (TPSA) is 33.5 Å². The molecule has 0 saturated heterocycles. The van der Waals surface area contributed by atoms with Crippen molar-refractivity contribution in [1.82, 2.24) is 9.55 Å². The van der Waals surface area contributed by atoms with Gasteiger partial charge in [0.05, 0.1) is 0 Å². The van der Waals surface area contributed by atoms with E-state index in [0.29, 0.717) is 23.3 Å². The molecule has 0 saturated carbocycles. The minimum absolute atomic E-state index is 0. The van der Waals surface area contributed by atoms with Gasteiger partial charge in [0.1, 0.15) is 5.82 Å². The van der Waals surface area contributed by atoms with Crippen LogP contribution in [-0.2, 0) is 39.3 Å². The minimum Gasteiger partial charge on any atom is -0.509 e. The van der Waals surface area contributed by atoms with Crippen LogP contribution in [0.3, 0.4) is 0 Å². The molecule has 0 radical (unpaired) electrons. The number of nitrogens with zero attached hydrogens (tertiary/aromatic N) is 4. The van der Waals surface area contributed by atoms with Crippen molar-refractivity contribution in [3.05, 3.63) is 163 Å². The van der Waals surface area contributed by atoms with Gasteiger partial charge in [0, 0.05) is 50.0 Å². The number of hydrogen-bond acceptors (Lipinski definition) is 4. The van der Waals surface area contributed by atoms with Crippen molar-refractivity contribution < 1.29 is 25.8 Å². The van der Waals surface area contributed by atoms with Crippen molar-refractivity contribution in [1.29, 1.82) is 0 Å². The van der Waals surface area contributed by atoms with E-state index in [1.807, 2.05) is 18.3 Å². The Morgan fingerprint density at radius 2 is 1.38 bits per heavy atom. The van der Waals surface area contributed by atoms with Crippen molar-refractivity contribution in [2.75, 3.05) is 9.80 Å². The molecule has 8 rings (SSSR count). The maximum atomic E-state index is 6.71. The Morgan fingerprint density at radius 1 is 0.679 bits per heavy atom. The third kappa shape index (κ3) is 8.34. The van der Waals surface area contributed by atoms with Gasteiger partial charge in [-0.2, -0.15) is 6.07 Å². The van der Waals surface area contributed by atoms with Crippen LogP contribution < -0.4 is 14.5 Å². The Kier molecular flexibility index (Phi) is 11.3. The van der Waals surface area contributed by atoms with E-state index in [9.17, 15) is 0 Å². The summed E-state index contributed by atoms with van der Waals surface area (Å²) in [6, 6.07) is 45.8. The van der Waals surface area contributed by atoms with E-state index in [1.165, 1.54) is 22.4 Å². The molecule has 5 aromatic carbocycles. The summed E-state index contributed by atoms with van der Waals surface area (Å²) in [6.07, 6.45) is 8.23. The first-order valence-corrected chi connectivity index (χ1v) is 19.4. The molecular weight excluding hydrogens is 868 g/mol. The molecule has 56 heavy (non-hydrogen) atoms. The van der Waals surface area contributed by atoms with E-state index in [0.717, 1.165) is 57.3 Å². The Balaban J connectivity index is 0.00000480. The molecule has 0 amide bonds. The van der Waals surface area contributed by atoms with Crippen molar-refractivity contribution >= 4 is 33.2 Å². The fourth-order valence-corrected chi connectivity index (χ4v) is 7.54. The zero-order valence-electron chi connectivity index (χ0n) is 33.3. The molecule has 2 aromatic heterocycles. The summed E-state index contributed by atoms with van der Waals surface area (Å²) in [5.74, 6) is 3.25. The molecule has 0 N–H and O–H groups in total. The third-order valence-electron chi connectivity index (χ3n) is 10.1. The zero-order chi connectivity index (χ0) is 38.3. The normalized spacial score (nSPS) is 13.0. The van der Waals surface area contributed by atoms with Gasteiger partial charge in [-0.05, 0) is 100 Å². The predicted molar refractivity (Wildman–Crippen MR) is 229 cm³/mol. The average molecular weight is 917 g/mol. The average Bonchev–Trinajstić information content (AvgIpc) is 3.78. The van der Waals surface area contributed by atoms with Crippen LogP contribution in [0.25, 0.3) is 38.8 Å². The minimum atomic E-state index is -0.0146. The summed E-state index contributed by atoms with van der Waals surface area (Å²) in [5, 5.41) is 2.25. The summed E-state index contributed by atoms with van der Waals surface area (Å²) >= 11 is 0. The van der Waals surface area contributed by atoms with Crippen molar-refractivity contribution in [3.63, 3.8) is 0 Å². The maximum Gasteiger partial charge on any atom is 0.135 e. The molecule has 0 aliphatic carbocycles. The monoisotopic (exact) mass is 916 g/mol. The molecule has 0 bridgehead atoms. The standard InChI is InChI=1S/C50H49N4O.Pt/c1-34(2)23-36-25-37(24-35(3)4)27-41(26-36)52-21-22-53(33-52)42-28-39(38-13-9-8-10-14-38)29-44(31-42)55-43-17-18-46-45-15-11-12-16-47(45)54(48(46)32-43)49-30-40(19-20-51-49)50(5,6)7;/h8-22,25-30,33-35H,23-24H2,1-7H3;/q-3;. The first-order valence-electron chi connectivity index (χ1n) is 19.4. The number of fused-ring (bicyclic) bond motifs is 3. The Morgan fingerprint density at radius 3 is 2.09 bits per heavy atom. The van der Waals surface area contributed by atoms with Crippen LogP contribution in [0.4, 0.5) is 11.4 Å². The van der Waals surface area contributed by atoms with Gasteiger partial charge >= 0.3 is 0 Å². The van der Waals surface area contributed by atoms with Gasteiger partial charge in [0.25, 0.3) is 0 Å². The fourth-order valence-electron chi connectivity index (χ4n) is 7.54. The van der Waals surface area contributed by atoms with Crippen molar-refractivity contribution in [2.24, 2.45) is 11.8 Å².